The Bertz CT molecular complexity index is 424. The van der Waals surface area contributed by atoms with Gasteiger partial charge in [0, 0.05) is 12.4 Å². The van der Waals surface area contributed by atoms with E-state index in [1.165, 1.54) is 11.8 Å². The second-order valence-corrected chi connectivity index (χ2v) is 3.62. The summed E-state index contributed by atoms with van der Waals surface area (Å²) in [5.41, 5.74) is 2.79. The van der Waals surface area contributed by atoms with E-state index >= 15 is 0 Å². The minimum atomic E-state index is 0.772. The van der Waals surface area contributed by atoms with Crippen LogP contribution in [0.2, 0.25) is 0 Å². The predicted molar refractivity (Wildman–Crippen MR) is 56.1 cm³/mol. The molecule has 1 N–H and O–H groups in total. The average Bonchev–Trinajstić information content (AvgIpc) is 2.71. The standard InChI is InChI=1S/C9H10N4S/c1-6-3-11-9(14-2)13-8(6)7-4-10-5-12-7/h3-5H,1-2H3,(H,10,12). The fourth-order valence-corrected chi connectivity index (χ4v) is 1.51. The number of imidazole rings is 1. The van der Waals surface area contributed by atoms with Crippen molar-refractivity contribution in [2.45, 2.75) is 12.1 Å². The molecule has 4 nitrogen and oxygen atoms in total. The molecule has 0 bridgehead atoms. The van der Waals surface area contributed by atoms with Gasteiger partial charge in [0.25, 0.3) is 0 Å². The fraction of sp³-hybridized carbons (Fsp3) is 0.222. The Balaban J connectivity index is 2.51. The van der Waals surface area contributed by atoms with Crippen LogP contribution in [-0.4, -0.2) is 26.2 Å². The molecule has 0 aliphatic rings. The summed E-state index contributed by atoms with van der Waals surface area (Å²) in [6.07, 6.45) is 7.26. The van der Waals surface area contributed by atoms with E-state index in [-0.39, 0.29) is 0 Å². The fourth-order valence-electron chi connectivity index (χ4n) is 1.17. The molecule has 0 aliphatic heterocycles. The van der Waals surface area contributed by atoms with Crippen LogP contribution in [0.15, 0.2) is 23.9 Å². The smallest absolute Gasteiger partial charge is 0.187 e. The minimum absolute atomic E-state index is 0.772. The van der Waals surface area contributed by atoms with Crippen molar-refractivity contribution in [3.8, 4) is 11.4 Å². The molecular weight excluding hydrogens is 196 g/mol. The minimum Gasteiger partial charge on any atom is -0.351 e. The zero-order valence-corrected chi connectivity index (χ0v) is 8.80. The molecule has 0 amide bonds. The van der Waals surface area contributed by atoms with Crippen LogP contribution in [0.5, 0.6) is 0 Å². The number of thioether (sulfide) groups is 1. The van der Waals surface area contributed by atoms with Crippen LogP contribution < -0.4 is 0 Å². The summed E-state index contributed by atoms with van der Waals surface area (Å²) in [6, 6.07) is 0. The number of aromatic amines is 1. The topological polar surface area (TPSA) is 54.5 Å². The largest absolute Gasteiger partial charge is 0.351 e. The van der Waals surface area contributed by atoms with Crippen LogP contribution >= 0.6 is 11.8 Å². The van der Waals surface area contributed by atoms with Gasteiger partial charge in [-0.3, -0.25) is 0 Å². The third-order valence-corrected chi connectivity index (χ3v) is 2.43. The lowest BCUT2D eigenvalue weighted by molar-refractivity contribution is 0.956. The first-order chi connectivity index (χ1) is 6.81. The van der Waals surface area contributed by atoms with Gasteiger partial charge in [-0.2, -0.15) is 0 Å². The third-order valence-electron chi connectivity index (χ3n) is 1.87. The molecule has 0 spiro atoms. The van der Waals surface area contributed by atoms with E-state index in [1.54, 1.807) is 6.33 Å². The van der Waals surface area contributed by atoms with Gasteiger partial charge in [0.05, 0.1) is 12.0 Å². The van der Waals surface area contributed by atoms with E-state index in [4.69, 9.17) is 0 Å². The molecule has 0 saturated heterocycles. The Morgan fingerprint density at radius 2 is 2.21 bits per heavy atom. The zero-order valence-electron chi connectivity index (χ0n) is 7.98. The first kappa shape index (κ1) is 9.21. The summed E-state index contributed by atoms with van der Waals surface area (Å²) >= 11 is 1.53. The summed E-state index contributed by atoms with van der Waals surface area (Å²) in [5.74, 6) is 0. The normalized spacial score (nSPS) is 10.4. The molecule has 2 aromatic rings. The highest BCUT2D eigenvalue weighted by Crippen LogP contribution is 2.19. The van der Waals surface area contributed by atoms with Gasteiger partial charge in [0.2, 0.25) is 0 Å². The molecule has 0 fully saturated rings. The lowest BCUT2D eigenvalue weighted by atomic mass is 10.2. The first-order valence-corrected chi connectivity index (χ1v) is 5.40. The highest BCUT2D eigenvalue weighted by atomic mass is 32.2. The highest BCUT2D eigenvalue weighted by Gasteiger charge is 2.07. The van der Waals surface area contributed by atoms with Crippen molar-refractivity contribution in [3.63, 3.8) is 0 Å². The van der Waals surface area contributed by atoms with Crippen molar-refractivity contribution in [1.82, 2.24) is 19.9 Å². The molecule has 14 heavy (non-hydrogen) atoms. The number of rotatable bonds is 2. The van der Waals surface area contributed by atoms with Crippen molar-refractivity contribution in [2.24, 2.45) is 0 Å². The second kappa shape index (κ2) is 3.79. The lowest BCUT2D eigenvalue weighted by Crippen LogP contribution is -1.93. The number of aromatic nitrogens is 4. The Morgan fingerprint density at radius 1 is 1.36 bits per heavy atom. The van der Waals surface area contributed by atoms with Crippen molar-refractivity contribution in [3.05, 3.63) is 24.3 Å². The maximum atomic E-state index is 4.40. The number of aryl methyl sites for hydroxylation is 1. The molecule has 0 aliphatic carbocycles. The number of hydrogen-bond donors (Lipinski definition) is 1. The van der Waals surface area contributed by atoms with E-state index in [0.717, 1.165) is 22.1 Å². The van der Waals surface area contributed by atoms with Crippen LogP contribution in [0.1, 0.15) is 5.56 Å². The van der Waals surface area contributed by atoms with Gasteiger partial charge >= 0.3 is 0 Å². The van der Waals surface area contributed by atoms with Crippen molar-refractivity contribution < 1.29 is 0 Å². The van der Waals surface area contributed by atoms with Gasteiger partial charge in [-0.25, -0.2) is 15.0 Å². The van der Waals surface area contributed by atoms with Gasteiger partial charge < -0.3 is 4.98 Å². The van der Waals surface area contributed by atoms with Gasteiger partial charge in [-0.1, -0.05) is 11.8 Å². The quantitative estimate of drug-likeness (QED) is 0.602. The molecule has 2 aromatic heterocycles. The maximum absolute atomic E-state index is 4.40. The predicted octanol–water partition coefficient (Wildman–Crippen LogP) is 1.90. The Kier molecular flexibility index (Phi) is 2.49. The molecule has 0 radical (unpaired) electrons. The summed E-state index contributed by atoms with van der Waals surface area (Å²) in [6.45, 7) is 1.98. The molecule has 0 saturated carbocycles. The first-order valence-electron chi connectivity index (χ1n) is 4.18. The van der Waals surface area contributed by atoms with Crippen LogP contribution in [0.3, 0.4) is 0 Å². The number of hydrogen-bond acceptors (Lipinski definition) is 4. The third kappa shape index (κ3) is 1.63. The maximum Gasteiger partial charge on any atom is 0.187 e. The highest BCUT2D eigenvalue weighted by molar-refractivity contribution is 7.98. The second-order valence-electron chi connectivity index (χ2n) is 2.84. The van der Waals surface area contributed by atoms with Crippen LogP contribution in [0.4, 0.5) is 0 Å². The molecule has 2 rings (SSSR count). The molecule has 5 heteroatoms. The molecule has 0 unspecified atom stereocenters. The van der Waals surface area contributed by atoms with Crippen molar-refractivity contribution in [1.29, 1.82) is 0 Å². The molecule has 2 heterocycles. The average molecular weight is 206 g/mol. The summed E-state index contributed by atoms with van der Waals surface area (Å²) in [5, 5.41) is 0.772. The molecular formula is C9H10N4S. The molecule has 72 valence electrons. The molecule has 0 aromatic carbocycles. The Morgan fingerprint density at radius 3 is 2.86 bits per heavy atom. The van der Waals surface area contributed by atoms with E-state index in [2.05, 4.69) is 19.9 Å². The number of nitrogens with one attached hydrogen (secondary N) is 1. The van der Waals surface area contributed by atoms with Crippen molar-refractivity contribution >= 4 is 11.8 Å². The Labute approximate surface area is 86.2 Å². The van der Waals surface area contributed by atoms with E-state index in [9.17, 15) is 0 Å². The van der Waals surface area contributed by atoms with E-state index in [0.29, 0.717) is 0 Å². The molecule has 0 atom stereocenters. The van der Waals surface area contributed by atoms with E-state index in [1.807, 2.05) is 25.6 Å². The monoisotopic (exact) mass is 206 g/mol. The number of nitrogens with zero attached hydrogens (tertiary/aromatic N) is 3. The zero-order chi connectivity index (χ0) is 9.97. The van der Waals surface area contributed by atoms with E-state index < -0.39 is 0 Å². The summed E-state index contributed by atoms with van der Waals surface area (Å²) in [4.78, 5) is 15.7. The van der Waals surface area contributed by atoms with Gasteiger partial charge in [0.1, 0.15) is 5.69 Å². The van der Waals surface area contributed by atoms with Gasteiger partial charge in [-0.15, -0.1) is 0 Å². The SMILES string of the molecule is CSc1ncc(C)c(-c2c[nH]cn2)n1. The van der Waals surface area contributed by atoms with Crippen molar-refractivity contribution in [2.75, 3.05) is 6.26 Å². The van der Waals surface area contributed by atoms with Crippen LogP contribution in [0.25, 0.3) is 11.4 Å². The lowest BCUT2D eigenvalue weighted by Gasteiger charge is -2.02. The van der Waals surface area contributed by atoms with Crippen LogP contribution in [0, 0.1) is 6.92 Å². The summed E-state index contributed by atoms with van der Waals surface area (Å²) < 4.78 is 0. The Hall–Kier alpha value is -1.36. The van der Waals surface area contributed by atoms with Gasteiger partial charge in [-0.05, 0) is 18.7 Å². The van der Waals surface area contributed by atoms with Gasteiger partial charge in [0.15, 0.2) is 5.16 Å². The summed E-state index contributed by atoms with van der Waals surface area (Å²) in [7, 11) is 0. The van der Waals surface area contributed by atoms with Crippen LogP contribution in [-0.2, 0) is 0 Å². The number of H-pyrrole nitrogens is 1.